The third-order valence-electron chi connectivity index (χ3n) is 3.85. The zero-order chi connectivity index (χ0) is 14.0. The van der Waals surface area contributed by atoms with Crippen LogP contribution in [0.4, 0.5) is 0 Å². The van der Waals surface area contributed by atoms with Gasteiger partial charge in [-0.1, -0.05) is 18.6 Å². The van der Waals surface area contributed by atoms with Crippen molar-refractivity contribution in [2.24, 2.45) is 5.92 Å². The van der Waals surface area contributed by atoms with Gasteiger partial charge in [0.2, 0.25) is 10.0 Å². The second-order valence-corrected chi connectivity index (χ2v) is 7.06. The number of rotatable bonds is 5. The van der Waals surface area contributed by atoms with Crippen LogP contribution in [0.5, 0.6) is 0 Å². The molecule has 0 radical (unpaired) electrons. The Balaban J connectivity index is 2.16. The Morgan fingerprint density at radius 3 is 2.53 bits per heavy atom. The molecule has 2 N–H and O–H groups in total. The molecule has 1 fully saturated rings. The van der Waals surface area contributed by atoms with Crippen molar-refractivity contribution in [1.82, 2.24) is 4.72 Å². The largest absolute Gasteiger partial charge is 0.389 e. The third-order valence-corrected chi connectivity index (χ3v) is 5.41. The molecule has 0 aliphatic heterocycles. The highest BCUT2D eigenvalue weighted by molar-refractivity contribution is 7.89. The van der Waals surface area contributed by atoms with Gasteiger partial charge < -0.3 is 5.11 Å². The molecule has 0 heterocycles. The van der Waals surface area contributed by atoms with E-state index in [0.717, 1.165) is 12.8 Å². The number of nitrogens with one attached hydrogen (secondary N) is 1. The summed E-state index contributed by atoms with van der Waals surface area (Å²) in [6, 6.07) is 6.43. The van der Waals surface area contributed by atoms with Crippen molar-refractivity contribution in [3.8, 4) is 0 Å². The lowest BCUT2D eigenvalue weighted by molar-refractivity contribution is 0.199. The summed E-state index contributed by atoms with van der Waals surface area (Å²) in [4.78, 5) is 0.220. The van der Waals surface area contributed by atoms with Gasteiger partial charge in [-0.05, 0) is 50.3 Å². The first-order valence-electron chi connectivity index (χ1n) is 6.70. The zero-order valence-electron chi connectivity index (χ0n) is 11.3. The average molecular weight is 283 g/mol. The molecule has 5 heteroatoms. The Morgan fingerprint density at radius 1 is 1.32 bits per heavy atom. The standard InChI is InChI=1S/C14H21NO3S/c1-10(12-5-3-6-12)15-19(17,18)14-8-4-7-13(9-14)11(2)16/h4,7-12,15-16H,3,5-6H2,1-2H3. The minimum atomic E-state index is -3.50. The highest BCUT2D eigenvalue weighted by Crippen LogP contribution is 2.30. The lowest BCUT2D eigenvalue weighted by Gasteiger charge is -2.31. The maximum atomic E-state index is 12.3. The van der Waals surface area contributed by atoms with E-state index in [1.54, 1.807) is 25.1 Å². The molecule has 0 aromatic heterocycles. The highest BCUT2D eigenvalue weighted by atomic mass is 32.2. The number of benzene rings is 1. The lowest BCUT2D eigenvalue weighted by atomic mass is 9.81. The maximum Gasteiger partial charge on any atom is 0.240 e. The Kier molecular flexibility index (Phi) is 4.28. The Bertz CT molecular complexity index is 535. The fraction of sp³-hybridized carbons (Fsp3) is 0.571. The molecule has 0 spiro atoms. The van der Waals surface area contributed by atoms with Crippen LogP contribution in [0.3, 0.4) is 0 Å². The van der Waals surface area contributed by atoms with Gasteiger partial charge >= 0.3 is 0 Å². The summed E-state index contributed by atoms with van der Waals surface area (Å²) < 4.78 is 27.3. The van der Waals surface area contributed by atoms with E-state index >= 15 is 0 Å². The first-order valence-corrected chi connectivity index (χ1v) is 8.19. The van der Waals surface area contributed by atoms with Gasteiger partial charge in [0, 0.05) is 6.04 Å². The van der Waals surface area contributed by atoms with Crippen LogP contribution in [-0.2, 0) is 10.0 Å². The van der Waals surface area contributed by atoms with Gasteiger partial charge in [-0.2, -0.15) is 0 Å². The monoisotopic (exact) mass is 283 g/mol. The molecule has 2 atom stereocenters. The third kappa shape index (κ3) is 3.35. The second kappa shape index (κ2) is 5.61. The quantitative estimate of drug-likeness (QED) is 0.870. The summed E-state index contributed by atoms with van der Waals surface area (Å²) >= 11 is 0. The van der Waals surface area contributed by atoms with Gasteiger partial charge in [-0.3, -0.25) is 0 Å². The Morgan fingerprint density at radius 2 is 2.00 bits per heavy atom. The van der Waals surface area contributed by atoms with E-state index < -0.39 is 16.1 Å². The molecule has 2 rings (SSSR count). The van der Waals surface area contributed by atoms with Gasteiger partial charge in [-0.25, -0.2) is 13.1 Å². The molecular formula is C14H21NO3S. The van der Waals surface area contributed by atoms with Crippen molar-refractivity contribution in [2.45, 2.75) is 50.2 Å². The summed E-state index contributed by atoms with van der Waals surface area (Å²) in [5.41, 5.74) is 0.610. The minimum Gasteiger partial charge on any atom is -0.389 e. The predicted octanol–water partition coefficient (Wildman–Crippen LogP) is 2.21. The van der Waals surface area contributed by atoms with Crippen LogP contribution in [0.15, 0.2) is 29.2 Å². The van der Waals surface area contributed by atoms with Crippen LogP contribution >= 0.6 is 0 Å². The van der Waals surface area contributed by atoms with Gasteiger partial charge in [0.05, 0.1) is 11.0 Å². The molecule has 1 aliphatic carbocycles. The van der Waals surface area contributed by atoms with Crippen LogP contribution in [0.2, 0.25) is 0 Å². The SMILES string of the molecule is CC(O)c1cccc(S(=O)(=O)NC(C)C2CCC2)c1. The van der Waals surface area contributed by atoms with E-state index in [2.05, 4.69) is 4.72 Å². The molecule has 106 valence electrons. The summed E-state index contributed by atoms with van der Waals surface area (Å²) in [6.45, 7) is 3.54. The molecular weight excluding hydrogens is 262 g/mol. The van der Waals surface area contributed by atoms with E-state index in [1.165, 1.54) is 12.5 Å². The van der Waals surface area contributed by atoms with Gasteiger partial charge in [-0.15, -0.1) is 0 Å². The predicted molar refractivity (Wildman–Crippen MR) is 74.2 cm³/mol. The van der Waals surface area contributed by atoms with Crippen LogP contribution in [0.1, 0.15) is 44.8 Å². The average Bonchev–Trinajstić information content (AvgIpc) is 2.26. The fourth-order valence-electron chi connectivity index (χ4n) is 2.29. The van der Waals surface area contributed by atoms with Crippen LogP contribution in [-0.4, -0.2) is 19.6 Å². The number of aliphatic hydroxyl groups excluding tert-OH is 1. The normalized spacial score (nSPS) is 19.7. The fourth-order valence-corrected chi connectivity index (χ4v) is 3.66. The van der Waals surface area contributed by atoms with E-state index in [0.29, 0.717) is 11.5 Å². The summed E-state index contributed by atoms with van der Waals surface area (Å²) in [5, 5.41) is 9.52. The molecule has 2 unspecified atom stereocenters. The van der Waals surface area contributed by atoms with Crippen LogP contribution in [0, 0.1) is 5.92 Å². The first kappa shape index (κ1) is 14.5. The van der Waals surface area contributed by atoms with Gasteiger partial charge in [0.1, 0.15) is 0 Å². The van der Waals surface area contributed by atoms with E-state index in [9.17, 15) is 13.5 Å². The molecule has 4 nitrogen and oxygen atoms in total. The zero-order valence-corrected chi connectivity index (χ0v) is 12.2. The molecule has 1 aromatic carbocycles. The Hall–Kier alpha value is -0.910. The molecule has 19 heavy (non-hydrogen) atoms. The molecule has 1 saturated carbocycles. The first-order chi connectivity index (χ1) is 8.90. The molecule has 0 amide bonds. The van der Waals surface area contributed by atoms with Crippen LogP contribution < -0.4 is 4.72 Å². The van der Waals surface area contributed by atoms with Gasteiger partial charge in [0.15, 0.2) is 0 Å². The van der Waals surface area contributed by atoms with Crippen molar-refractivity contribution < 1.29 is 13.5 Å². The number of aliphatic hydroxyl groups is 1. The lowest BCUT2D eigenvalue weighted by Crippen LogP contribution is -2.40. The Labute approximate surface area is 114 Å². The van der Waals surface area contributed by atoms with Crippen molar-refractivity contribution in [3.63, 3.8) is 0 Å². The van der Waals surface area contributed by atoms with Gasteiger partial charge in [0.25, 0.3) is 0 Å². The van der Waals surface area contributed by atoms with Crippen LogP contribution in [0.25, 0.3) is 0 Å². The summed E-state index contributed by atoms with van der Waals surface area (Å²) in [5.74, 6) is 0.453. The van der Waals surface area contributed by atoms with Crippen molar-refractivity contribution in [1.29, 1.82) is 0 Å². The smallest absolute Gasteiger partial charge is 0.240 e. The molecule has 0 bridgehead atoms. The van der Waals surface area contributed by atoms with E-state index in [4.69, 9.17) is 0 Å². The maximum absolute atomic E-state index is 12.3. The highest BCUT2D eigenvalue weighted by Gasteiger charge is 2.28. The van der Waals surface area contributed by atoms with E-state index in [1.807, 2.05) is 6.92 Å². The second-order valence-electron chi connectivity index (χ2n) is 5.35. The number of sulfonamides is 1. The molecule has 0 saturated heterocycles. The van der Waals surface area contributed by atoms with Crippen molar-refractivity contribution in [3.05, 3.63) is 29.8 Å². The van der Waals surface area contributed by atoms with Crippen molar-refractivity contribution in [2.75, 3.05) is 0 Å². The molecule has 1 aromatic rings. The summed E-state index contributed by atoms with van der Waals surface area (Å²) in [7, 11) is -3.50. The van der Waals surface area contributed by atoms with Crippen molar-refractivity contribution >= 4 is 10.0 Å². The minimum absolute atomic E-state index is 0.0334. The summed E-state index contributed by atoms with van der Waals surface area (Å²) in [6.07, 6.45) is 2.71. The topological polar surface area (TPSA) is 66.4 Å². The molecule has 1 aliphatic rings. The number of hydrogen-bond acceptors (Lipinski definition) is 3. The van der Waals surface area contributed by atoms with E-state index in [-0.39, 0.29) is 10.9 Å². The number of hydrogen-bond donors (Lipinski definition) is 2.